The number of nitrogens with one attached hydrogen (secondary N) is 1. The van der Waals surface area contributed by atoms with Crippen LogP contribution in [0.5, 0.6) is 6.01 Å². The molecule has 1 amide bonds. The van der Waals surface area contributed by atoms with E-state index in [2.05, 4.69) is 15.4 Å². The van der Waals surface area contributed by atoms with Crippen molar-refractivity contribution in [1.29, 1.82) is 0 Å². The number of anilines is 1. The van der Waals surface area contributed by atoms with Gasteiger partial charge in [-0.2, -0.15) is 4.98 Å². The Balaban J connectivity index is 1.58. The van der Waals surface area contributed by atoms with Gasteiger partial charge in [-0.3, -0.25) is 14.9 Å². The van der Waals surface area contributed by atoms with Crippen LogP contribution in [-0.4, -0.2) is 32.2 Å². The number of carbonyl (C=O) groups is 1. The number of nitrogens with zero attached hydrogens (tertiary/aromatic N) is 4. The fraction of sp³-hybridized carbons (Fsp3) is 0.0870. The van der Waals surface area contributed by atoms with Gasteiger partial charge in [0.15, 0.2) is 5.82 Å². The van der Waals surface area contributed by atoms with Crippen LogP contribution in [0.1, 0.15) is 17.3 Å². The van der Waals surface area contributed by atoms with Gasteiger partial charge in [-0.15, -0.1) is 5.10 Å². The molecular weight excluding hydrogens is 429 g/mol. The predicted octanol–water partition coefficient (Wildman–Crippen LogP) is 4.63. The molecule has 3 aromatic carbocycles. The summed E-state index contributed by atoms with van der Waals surface area (Å²) in [4.78, 5) is 27.0. The van der Waals surface area contributed by atoms with E-state index in [1.165, 1.54) is 35.0 Å². The summed E-state index contributed by atoms with van der Waals surface area (Å²) in [6.45, 7) is 2.15. The van der Waals surface area contributed by atoms with Crippen LogP contribution < -0.4 is 10.1 Å². The average molecular weight is 447 g/mol. The van der Waals surface area contributed by atoms with Crippen LogP contribution in [0.4, 0.5) is 15.8 Å². The van der Waals surface area contributed by atoms with Crippen molar-refractivity contribution in [2.75, 3.05) is 11.9 Å². The molecule has 0 saturated heterocycles. The molecule has 1 N–H and O–H groups in total. The Kier molecular flexibility index (Phi) is 6.07. The number of nitro groups is 1. The van der Waals surface area contributed by atoms with Crippen LogP contribution in [0.15, 0.2) is 72.8 Å². The van der Waals surface area contributed by atoms with E-state index >= 15 is 0 Å². The number of carbonyl (C=O) groups excluding carboxylic acids is 1. The zero-order valence-corrected chi connectivity index (χ0v) is 17.4. The third-order valence-corrected chi connectivity index (χ3v) is 4.69. The summed E-state index contributed by atoms with van der Waals surface area (Å²) < 4.78 is 21.3. The molecule has 0 unspecified atom stereocenters. The van der Waals surface area contributed by atoms with Crippen LogP contribution >= 0.6 is 0 Å². The van der Waals surface area contributed by atoms with E-state index in [-0.39, 0.29) is 28.6 Å². The Morgan fingerprint density at radius 2 is 1.79 bits per heavy atom. The third kappa shape index (κ3) is 4.69. The van der Waals surface area contributed by atoms with Crippen molar-refractivity contribution in [3.05, 3.63) is 94.3 Å². The number of halogens is 1. The van der Waals surface area contributed by atoms with Gasteiger partial charge in [-0.25, -0.2) is 9.07 Å². The van der Waals surface area contributed by atoms with E-state index in [4.69, 9.17) is 4.74 Å². The van der Waals surface area contributed by atoms with Crippen molar-refractivity contribution in [3.8, 4) is 23.1 Å². The van der Waals surface area contributed by atoms with Gasteiger partial charge in [-0.05, 0) is 55.5 Å². The minimum absolute atomic E-state index is 0.0965. The molecule has 33 heavy (non-hydrogen) atoms. The SMILES string of the molecule is CCOc1nc(-c2ccccc2F)n(-c2ccc(NC(=O)c3ccc([N+](=O)[O-])cc3)cc2)n1. The number of hydrogen-bond acceptors (Lipinski definition) is 6. The second-order valence-electron chi connectivity index (χ2n) is 6.85. The molecule has 0 bridgehead atoms. The Labute approximate surface area is 187 Å². The fourth-order valence-corrected chi connectivity index (χ4v) is 3.10. The first-order chi connectivity index (χ1) is 16.0. The maximum Gasteiger partial charge on any atom is 0.336 e. The summed E-state index contributed by atoms with van der Waals surface area (Å²) in [6, 6.07) is 18.4. The largest absolute Gasteiger partial charge is 0.463 e. The van der Waals surface area contributed by atoms with Gasteiger partial charge < -0.3 is 10.1 Å². The number of hydrogen-bond donors (Lipinski definition) is 1. The monoisotopic (exact) mass is 447 g/mol. The van der Waals surface area contributed by atoms with Crippen LogP contribution in [0, 0.1) is 15.9 Å². The van der Waals surface area contributed by atoms with Gasteiger partial charge >= 0.3 is 6.01 Å². The number of aromatic nitrogens is 3. The highest BCUT2D eigenvalue weighted by Gasteiger charge is 2.17. The molecule has 0 fully saturated rings. The summed E-state index contributed by atoms with van der Waals surface area (Å²) >= 11 is 0. The van der Waals surface area contributed by atoms with E-state index in [0.717, 1.165) is 0 Å². The maximum absolute atomic E-state index is 14.4. The molecule has 0 atom stereocenters. The standard InChI is InChI=1S/C23H18FN5O4/c1-2-33-23-26-21(19-5-3-4-6-20(19)24)28(27-23)17-13-9-16(10-14-17)25-22(30)15-7-11-18(12-8-15)29(31)32/h3-14H,2H2,1H3,(H,25,30). The first-order valence-electron chi connectivity index (χ1n) is 9.97. The Hall–Kier alpha value is -4.60. The maximum atomic E-state index is 14.4. The molecular formula is C23H18FN5O4. The first-order valence-corrected chi connectivity index (χ1v) is 9.97. The summed E-state index contributed by atoms with van der Waals surface area (Å²) in [5.41, 5.74) is 1.54. The lowest BCUT2D eigenvalue weighted by Gasteiger charge is -2.09. The molecule has 0 aliphatic carbocycles. The summed E-state index contributed by atoms with van der Waals surface area (Å²) in [5.74, 6) is -0.579. The van der Waals surface area contributed by atoms with Crippen molar-refractivity contribution >= 4 is 17.3 Å². The smallest absolute Gasteiger partial charge is 0.336 e. The lowest BCUT2D eigenvalue weighted by molar-refractivity contribution is -0.384. The number of nitro benzene ring substituents is 1. The zero-order valence-electron chi connectivity index (χ0n) is 17.4. The lowest BCUT2D eigenvalue weighted by Crippen LogP contribution is -2.12. The third-order valence-electron chi connectivity index (χ3n) is 4.69. The number of non-ortho nitro benzene ring substituents is 1. The number of ether oxygens (including phenoxy) is 1. The number of rotatable bonds is 7. The molecule has 1 heterocycles. The molecule has 166 valence electrons. The topological polar surface area (TPSA) is 112 Å². The van der Waals surface area contributed by atoms with Gasteiger partial charge in [0.2, 0.25) is 0 Å². The lowest BCUT2D eigenvalue weighted by atomic mass is 10.2. The molecule has 10 heteroatoms. The molecule has 9 nitrogen and oxygen atoms in total. The van der Waals surface area contributed by atoms with Crippen molar-refractivity contribution < 1.29 is 18.8 Å². The molecule has 0 radical (unpaired) electrons. The van der Waals surface area contributed by atoms with E-state index in [1.807, 2.05) is 0 Å². The molecule has 1 aromatic heterocycles. The van der Waals surface area contributed by atoms with Crippen molar-refractivity contribution in [2.24, 2.45) is 0 Å². The van der Waals surface area contributed by atoms with E-state index in [1.54, 1.807) is 49.4 Å². The predicted molar refractivity (Wildman–Crippen MR) is 119 cm³/mol. The van der Waals surface area contributed by atoms with Crippen molar-refractivity contribution in [3.63, 3.8) is 0 Å². The quantitative estimate of drug-likeness (QED) is 0.326. The van der Waals surface area contributed by atoms with E-state index in [0.29, 0.717) is 18.0 Å². The first kappa shape index (κ1) is 21.6. The number of benzene rings is 3. The van der Waals surface area contributed by atoms with Crippen LogP contribution in [0.2, 0.25) is 0 Å². The second-order valence-corrected chi connectivity index (χ2v) is 6.85. The van der Waals surface area contributed by atoms with Gasteiger partial charge in [-0.1, -0.05) is 12.1 Å². The zero-order chi connectivity index (χ0) is 23.4. The summed E-state index contributed by atoms with van der Waals surface area (Å²) in [7, 11) is 0. The van der Waals surface area contributed by atoms with Crippen LogP contribution in [0.3, 0.4) is 0 Å². The molecule has 0 aliphatic rings. The molecule has 0 aliphatic heterocycles. The average Bonchev–Trinajstić information content (AvgIpc) is 3.23. The minimum Gasteiger partial charge on any atom is -0.463 e. The van der Waals surface area contributed by atoms with E-state index < -0.39 is 16.6 Å². The Morgan fingerprint density at radius 3 is 2.42 bits per heavy atom. The Morgan fingerprint density at radius 1 is 1.09 bits per heavy atom. The van der Waals surface area contributed by atoms with Crippen molar-refractivity contribution in [1.82, 2.24) is 14.8 Å². The fourth-order valence-electron chi connectivity index (χ4n) is 3.10. The molecule has 4 aromatic rings. The normalized spacial score (nSPS) is 10.6. The molecule has 0 spiro atoms. The van der Waals surface area contributed by atoms with Gasteiger partial charge in [0, 0.05) is 23.4 Å². The highest BCUT2D eigenvalue weighted by molar-refractivity contribution is 6.04. The van der Waals surface area contributed by atoms with Gasteiger partial charge in [0.1, 0.15) is 5.82 Å². The van der Waals surface area contributed by atoms with E-state index in [9.17, 15) is 19.3 Å². The van der Waals surface area contributed by atoms with Crippen LogP contribution in [-0.2, 0) is 0 Å². The van der Waals surface area contributed by atoms with Crippen LogP contribution in [0.25, 0.3) is 17.1 Å². The summed E-state index contributed by atoms with van der Waals surface area (Å²) in [5, 5.41) is 17.8. The minimum atomic E-state index is -0.531. The second kappa shape index (κ2) is 9.27. The van der Waals surface area contributed by atoms with Crippen molar-refractivity contribution in [2.45, 2.75) is 6.92 Å². The van der Waals surface area contributed by atoms with Gasteiger partial charge in [0.05, 0.1) is 22.8 Å². The highest BCUT2D eigenvalue weighted by atomic mass is 19.1. The summed E-state index contributed by atoms with van der Waals surface area (Å²) in [6.07, 6.45) is 0. The number of amides is 1. The molecule has 4 rings (SSSR count). The van der Waals surface area contributed by atoms with Gasteiger partial charge in [0.25, 0.3) is 11.6 Å². The Bertz CT molecular complexity index is 1300. The highest BCUT2D eigenvalue weighted by Crippen LogP contribution is 2.26. The molecule has 0 saturated carbocycles.